The number of aliphatic hydroxyl groups excluding tert-OH is 1. The van der Waals surface area contributed by atoms with Crippen molar-refractivity contribution in [2.45, 2.75) is 18.7 Å². The molecule has 2 fully saturated rings. The molecule has 6 rings (SSSR count). The molecule has 3 amide bonds. The number of amides is 3. The zero-order valence-corrected chi connectivity index (χ0v) is 27.7. The summed E-state index contributed by atoms with van der Waals surface area (Å²) < 4.78 is 49.4. The SMILES string of the molecule is COc1ccc(-n2cc(-c3cnc(C(=O)Nc4ccc(C(=O)N5CCN(C(=O)[C@@H]6CCNC[C@H]6O)CC5)c(Cl)c4)n3C)c(C(F)(F)F)n2)nc1. The van der Waals surface area contributed by atoms with Crippen LogP contribution in [0.15, 0.2) is 48.9 Å². The quantitative estimate of drug-likeness (QED) is 0.262. The standard InChI is InChI=1S/C32H33ClF3N9O5/c1-42-24(22-17-45(41-27(22)32(34,35)36)26-6-4-19(50-2)14-38-26)15-39-28(42)29(47)40-18-3-5-20(23(33)13-18)30(48)43-9-11-44(12-10-43)31(49)21-7-8-37-16-25(21)46/h3-6,13-15,17,21,25,37,46H,7-12,16H2,1-2H3,(H,40,47)/t21-,25-/m1/s1. The molecule has 3 aromatic heterocycles. The van der Waals surface area contributed by atoms with Gasteiger partial charge in [-0.2, -0.15) is 18.3 Å². The van der Waals surface area contributed by atoms with Crippen molar-refractivity contribution in [3.63, 3.8) is 0 Å². The van der Waals surface area contributed by atoms with Crippen LogP contribution < -0.4 is 15.4 Å². The summed E-state index contributed by atoms with van der Waals surface area (Å²) in [7, 11) is 2.84. The van der Waals surface area contributed by atoms with Gasteiger partial charge in [0.15, 0.2) is 17.3 Å². The van der Waals surface area contributed by atoms with E-state index in [0.29, 0.717) is 38.3 Å². The number of benzene rings is 1. The second kappa shape index (κ2) is 14.1. The molecule has 5 heterocycles. The first-order valence-electron chi connectivity index (χ1n) is 15.6. The number of aromatic nitrogens is 5. The summed E-state index contributed by atoms with van der Waals surface area (Å²) in [5, 5.41) is 19.7. The zero-order valence-electron chi connectivity index (χ0n) is 26.9. The molecule has 3 N–H and O–H groups in total. The van der Waals surface area contributed by atoms with E-state index >= 15 is 0 Å². The van der Waals surface area contributed by atoms with E-state index in [0.717, 1.165) is 17.1 Å². The normalized spacial score (nSPS) is 18.2. The van der Waals surface area contributed by atoms with Gasteiger partial charge in [0.05, 0.1) is 53.4 Å². The molecular formula is C32H33ClF3N9O5. The van der Waals surface area contributed by atoms with Crippen LogP contribution >= 0.6 is 11.6 Å². The van der Waals surface area contributed by atoms with Crippen LogP contribution in [0.1, 0.15) is 33.1 Å². The highest BCUT2D eigenvalue weighted by atomic mass is 35.5. The van der Waals surface area contributed by atoms with Crippen LogP contribution in [0, 0.1) is 5.92 Å². The van der Waals surface area contributed by atoms with E-state index in [4.69, 9.17) is 16.3 Å². The fourth-order valence-electron chi connectivity index (χ4n) is 6.01. The number of hydrogen-bond acceptors (Lipinski definition) is 9. The molecule has 14 nitrogen and oxygen atoms in total. The number of nitrogens with zero attached hydrogens (tertiary/aromatic N) is 7. The number of ether oxygens (including phenoxy) is 1. The number of piperazine rings is 1. The summed E-state index contributed by atoms with van der Waals surface area (Å²) in [6, 6.07) is 7.32. The number of alkyl halides is 3. The maximum Gasteiger partial charge on any atom is 0.435 e. The van der Waals surface area contributed by atoms with Crippen molar-refractivity contribution >= 4 is 35.0 Å². The van der Waals surface area contributed by atoms with Gasteiger partial charge >= 0.3 is 6.18 Å². The van der Waals surface area contributed by atoms with Crippen LogP contribution in [0.2, 0.25) is 5.02 Å². The molecule has 18 heteroatoms. The first kappa shape index (κ1) is 34.8. The van der Waals surface area contributed by atoms with Crippen molar-refractivity contribution in [2.24, 2.45) is 13.0 Å². The molecule has 1 aromatic carbocycles. The molecule has 4 aromatic rings. The smallest absolute Gasteiger partial charge is 0.435 e. The lowest BCUT2D eigenvalue weighted by molar-refractivity contribution is -0.142. The fraction of sp³-hybridized carbons (Fsp3) is 0.375. The van der Waals surface area contributed by atoms with E-state index in [1.807, 2.05) is 0 Å². The van der Waals surface area contributed by atoms with Gasteiger partial charge in [-0.3, -0.25) is 14.4 Å². The minimum atomic E-state index is -4.82. The monoisotopic (exact) mass is 715 g/mol. The third-order valence-electron chi connectivity index (χ3n) is 8.74. The number of anilines is 1. The number of carbonyl (C=O) groups excluding carboxylic acids is 3. The van der Waals surface area contributed by atoms with Gasteiger partial charge in [-0.1, -0.05) is 11.6 Å². The molecule has 0 spiro atoms. The third-order valence-corrected chi connectivity index (χ3v) is 9.06. The molecule has 264 valence electrons. The highest BCUT2D eigenvalue weighted by Gasteiger charge is 2.39. The summed E-state index contributed by atoms with van der Waals surface area (Å²) in [6.45, 7) is 2.24. The van der Waals surface area contributed by atoms with Gasteiger partial charge in [-0.15, -0.1) is 0 Å². The summed E-state index contributed by atoms with van der Waals surface area (Å²) in [5.74, 6) is -1.32. The highest BCUT2D eigenvalue weighted by molar-refractivity contribution is 6.34. The molecule has 2 atom stereocenters. The minimum Gasteiger partial charge on any atom is -0.495 e. The predicted molar refractivity (Wildman–Crippen MR) is 174 cm³/mol. The van der Waals surface area contributed by atoms with Crippen LogP contribution in [-0.4, -0.2) is 109 Å². The number of hydrogen-bond donors (Lipinski definition) is 3. The molecule has 0 bridgehead atoms. The fourth-order valence-corrected chi connectivity index (χ4v) is 6.27. The van der Waals surface area contributed by atoms with E-state index in [2.05, 4.69) is 25.7 Å². The van der Waals surface area contributed by atoms with Crippen LogP contribution in [0.4, 0.5) is 18.9 Å². The van der Waals surface area contributed by atoms with Crippen LogP contribution in [0.5, 0.6) is 5.75 Å². The Morgan fingerprint density at radius 3 is 2.44 bits per heavy atom. The van der Waals surface area contributed by atoms with E-state index in [9.17, 15) is 32.7 Å². The highest BCUT2D eigenvalue weighted by Crippen LogP contribution is 2.37. The molecule has 2 aliphatic rings. The Balaban J connectivity index is 1.13. The van der Waals surface area contributed by atoms with Crippen molar-refractivity contribution in [3.05, 3.63) is 71.0 Å². The summed E-state index contributed by atoms with van der Waals surface area (Å²) in [4.78, 5) is 50.9. The first-order valence-corrected chi connectivity index (χ1v) is 16.0. The number of carbonyl (C=O) groups is 3. The summed E-state index contributed by atoms with van der Waals surface area (Å²) >= 11 is 6.47. The second-order valence-corrected chi connectivity index (χ2v) is 12.3. The lowest BCUT2D eigenvalue weighted by Crippen LogP contribution is -2.55. The number of pyridine rings is 1. The molecule has 50 heavy (non-hydrogen) atoms. The number of β-amino-alcohol motifs (C(OH)–C–C–N with tert-alkyl or cyclic N) is 1. The number of halogens is 4. The molecule has 0 radical (unpaired) electrons. The molecule has 0 saturated carbocycles. The van der Waals surface area contributed by atoms with E-state index in [-0.39, 0.29) is 64.1 Å². The maximum atomic E-state index is 14.1. The summed E-state index contributed by atoms with van der Waals surface area (Å²) in [6.07, 6.45) is -1.38. The van der Waals surface area contributed by atoms with Gasteiger partial charge < -0.3 is 34.8 Å². The molecule has 0 unspecified atom stereocenters. The topological polar surface area (TPSA) is 160 Å². The van der Waals surface area contributed by atoms with E-state index in [1.54, 1.807) is 9.80 Å². The lowest BCUT2D eigenvalue weighted by Gasteiger charge is -2.38. The average Bonchev–Trinajstić information content (AvgIpc) is 3.72. The zero-order chi connectivity index (χ0) is 35.7. The minimum absolute atomic E-state index is 0.0186. The Kier molecular flexibility index (Phi) is 9.82. The number of nitrogens with one attached hydrogen (secondary N) is 2. The molecule has 2 saturated heterocycles. The molecular weight excluding hydrogens is 683 g/mol. The number of imidazole rings is 1. The van der Waals surface area contributed by atoms with Crippen molar-refractivity contribution in [1.82, 2.24) is 39.4 Å². The number of methoxy groups -OCH3 is 1. The Morgan fingerprint density at radius 1 is 1.06 bits per heavy atom. The van der Waals surface area contributed by atoms with Gasteiger partial charge in [0.1, 0.15) is 5.75 Å². The number of rotatable bonds is 7. The van der Waals surface area contributed by atoms with Gasteiger partial charge in [0.25, 0.3) is 11.8 Å². The van der Waals surface area contributed by atoms with Gasteiger partial charge in [0, 0.05) is 51.7 Å². The van der Waals surface area contributed by atoms with E-state index < -0.39 is 29.8 Å². The number of piperidine rings is 1. The summed E-state index contributed by atoms with van der Waals surface area (Å²) in [5.41, 5.74) is -1.10. The second-order valence-electron chi connectivity index (χ2n) is 11.8. The van der Waals surface area contributed by atoms with Crippen molar-refractivity contribution < 1.29 is 37.4 Å². The van der Waals surface area contributed by atoms with Crippen LogP contribution in [0.3, 0.4) is 0 Å². The van der Waals surface area contributed by atoms with E-state index in [1.165, 1.54) is 55.3 Å². The Morgan fingerprint density at radius 2 is 1.80 bits per heavy atom. The lowest BCUT2D eigenvalue weighted by atomic mass is 9.93. The Bertz CT molecular complexity index is 1910. The van der Waals surface area contributed by atoms with Crippen molar-refractivity contribution in [3.8, 4) is 22.8 Å². The van der Waals surface area contributed by atoms with Gasteiger partial charge in [-0.25, -0.2) is 14.6 Å². The van der Waals surface area contributed by atoms with Gasteiger partial charge in [-0.05, 0) is 43.3 Å². The Hall–Kier alpha value is -5.00. The Labute approximate surface area is 288 Å². The third kappa shape index (κ3) is 7.01. The first-order chi connectivity index (χ1) is 23.8. The van der Waals surface area contributed by atoms with Crippen molar-refractivity contribution in [2.75, 3.05) is 51.7 Å². The maximum absolute atomic E-state index is 14.1. The van der Waals surface area contributed by atoms with Crippen LogP contribution in [0.25, 0.3) is 17.1 Å². The molecule has 0 aliphatic carbocycles. The predicted octanol–water partition coefficient (Wildman–Crippen LogP) is 2.86. The number of aliphatic hydroxyl groups is 1. The largest absolute Gasteiger partial charge is 0.495 e. The van der Waals surface area contributed by atoms with Crippen LogP contribution in [-0.2, 0) is 18.0 Å². The average molecular weight is 716 g/mol. The van der Waals surface area contributed by atoms with Crippen molar-refractivity contribution in [1.29, 1.82) is 0 Å². The van der Waals surface area contributed by atoms with Gasteiger partial charge in [0.2, 0.25) is 5.91 Å². The molecule has 2 aliphatic heterocycles.